The van der Waals surface area contributed by atoms with E-state index in [2.05, 4.69) is 5.32 Å². The van der Waals surface area contributed by atoms with Crippen LogP contribution in [0.4, 0.5) is 5.69 Å². The Morgan fingerprint density at radius 1 is 1.18 bits per heavy atom. The van der Waals surface area contributed by atoms with E-state index in [1.807, 2.05) is 37.3 Å². The van der Waals surface area contributed by atoms with Crippen LogP contribution >= 0.6 is 0 Å². The van der Waals surface area contributed by atoms with E-state index >= 15 is 0 Å². The van der Waals surface area contributed by atoms with Crippen LogP contribution in [-0.2, 0) is 11.2 Å². The SMILES string of the molecule is CCOc1ccc(C=O)cc1NC(=O)CCc1ccccc1. The average Bonchev–Trinajstić information content (AvgIpc) is 2.55. The molecule has 0 aromatic heterocycles. The predicted molar refractivity (Wildman–Crippen MR) is 86.4 cm³/mol. The molecule has 2 rings (SSSR count). The van der Waals surface area contributed by atoms with Gasteiger partial charge in [0.1, 0.15) is 12.0 Å². The van der Waals surface area contributed by atoms with Gasteiger partial charge >= 0.3 is 0 Å². The van der Waals surface area contributed by atoms with Crippen molar-refractivity contribution < 1.29 is 14.3 Å². The van der Waals surface area contributed by atoms with Crippen LogP contribution in [0.5, 0.6) is 5.75 Å². The molecule has 0 aliphatic carbocycles. The molecule has 4 nitrogen and oxygen atoms in total. The van der Waals surface area contributed by atoms with Gasteiger partial charge in [0.15, 0.2) is 0 Å². The third-order valence-electron chi connectivity index (χ3n) is 3.20. The first-order chi connectivity index (χ1) is 10.7. The fraction of sp³-hybridized carbons (Fsp3) is 0.222. The first kappa shape index (κ1) is 15.8. The average molecular weight is 297 g/mol. The van der Waals surface area contributed by atoms with Crippen LogP contribution in [0.25, 0.3) is 0 Å². The third-order valence-corrected chi connectivity index (χ3v) is 3.20. The van der Waals surface area contributed by atoms with Crippen molar-refractivity contribution in [3.05, 3.63) is 59.7 Å². The summed E-state index contributed by atoms with van der Waals surface area (Å²) in [6.07, 6.45) is 1.79. The summed E-state index contributed by atoms with van der Waals surface area (Å²) in [6.45, 7) is 2.36. The Bertz CT molecular complexity index is 638. The van der Waals surface area contributed by atoms with Crippen molar-refractivity contribution in [1.82, 2.24) is 0 Å². The summed E-state index contributed by atoms with van der Waals surface area (Å²) in [5, 5.41) is 2.82. The lowest BCUT2D eigenvalue weighted by molar-refractivity contribution is -0.116. The number of hydrogen-bond donors (Lipinski definition) is 1. The number of benzene rings is 2. The molecule has 0 spiro atoms. The second kappa shape index (κ2) is 7.98. The Labute approximate surface area is 130 Å². The molecular formula is C18H19NO3. The van der Waals surface area contributed by atoms with Crippen LogP contribution in [0.15, 0.2) is 48.5 Å². The van der Waals surface area contributed by atoms with Gasteiger partial charge in [-0.2, -0.15) is 0 Å². The van der Waals surface area contributed by atoms with E-state index in [4.69, 9.17) is 4.74 Å². The van der Waals surface area contributed by atoms with Crippen molar-refractivity contribution >= 4 is 17.9 Å². The lowest BCUT2D eigenvalue weighted by atomic mass is 10.1. The lowest BCUT2D eigenvalue weighted by Gasteiger charge is -2.12. The highest BCUT2D eigenvalue weighted by atomic mass is 16.5. The molecule has 0 heterocycles. The van der Waals surface area contributed by atoms with Gasteiger partial charge in [-0.05, 0) is 37.1 Å². The van der Waals surface area contributed by atoms with Gasteiger partial charge in [-0.15, -0.1) is 0 Å². The first-order valence-electron chi connectivity index (χ1n) is 7.28. The minimum absolute atomic E-state index is 0.104. The summed E-state index contributed by atoms with van der Waals surface area (Å²) >= 11 is 0. The standard InChI is InChI=1S/C18H19NO3/c1-2-22-17-10-8-15(13-20)12-16(17)19-18(21)11-9-14-6-4-3-5-7-14/h3-8,10,12-13H,2,9,11H2,1H3,(H,19,21). The molecule has 4 heteroatoms. The molecule has 2 aromatic rings. The van der Waals surface area contributed by atoms with Gasteiger partial charge < -0.3 is 10.1 Å². The minimum Gasteiger partial charge on any atom is -0.492 e. The van der Waals surface area contributed by atoms with Gasteiger partial charge in [0.2, 0.25) is 5.91 Å². The van der Waals surface area contributed by atoms with Crippen molar-refractivity contribution in [1.29, 1.82) is 0 Å². The van der Waals surface area contributed by atoms with E-state index in [0.29, 0.717) is 36.4 Å². The molecule has 22 heavy (non-hydrogen) atoms. The van der Waals surface area contributed by atoms with Gasteiger partial charge in [0, 0.05) is 12.0 Å². The molecule has 0 atom stereocenters. The van der Waals surface area contributed by atoms with Crippen molar-refractivity contribution in [2.75, 3.05) is 11.9 Å². The van der Waals surface area contributed by atoms with Gasteiger partial charge in [0.05, 0.1) is 12.3 Å². The number of aryl methyl sites for hydroxylation is 1. The molecule has 1 N–H and O–H groups in total. The monoisotopic (exact) mass is 297 g/mol. The number of aldehydes is 1. The van der Waals surface area contributed by atoms with Gasteiger partial charge in [-0.25, -0.2) is 0 Å². The summed E-state index contributed by atoms with van der Waals surface area (Å²) in [7, 11) is 0. The molecule has 0 bridgehead atoms. The molecule has 0 unspecified atom stereocenters. The molecular weight excluding hydrogens is 278 g/mol. The Hall–Kier alpha value is -2.62. The van der Waals surface area contributed by atoms with Gasteiger partial charge in [-0.1, -0.05) is 30.3 Å². The number of rotatable bonds is 7. The van der Waals surface area contributed by atoms with Crippen molar-refractivity contribution in [3.63, 3.8) is 0 Å². The normalized spacial score (nSPS) is 10.0. The maximum absolute atomic E-state index is 12.1. The zero-order chi connectivity index (χ0) is 15.8. The highest BCUT2D eigenvalue weighted by molar-refractivity contribution is 5.93. The Balaban J connectivity index is 2.02. The predicted octanol–water partition coefficient (Wildman–Crippen LogP) is 3.47. The van der Waals surface area contributed by atoms with Gasteiger partial charge in [0.25, 0.3) is 0 Å². The van der Waals surface area contributed by atoms with E-state index in [0.717, 1.165) is 11.8 Å². The molecule has 1 amide bonds. The molecule has 0 radical (unpaired) electrons. The Kier molecular flexibility index (Phi) is 5.72. The third kappa shape index (κ3) is 4.45. The Morgan fingerprint density at radius 3 is 2.64 bits per heavy atom. The van der Waals surface area contributed by atoms with E-state index < -0.39 is 0 Å². The van der Waals surface area contributed by atoms with E-state index in [9.17, 15) is 9.59 Å². The van der Waals surface area contributed by atoms with E-state index in [1.165, 1.54) is 0 Å². The van der Waals surface area contributed by atoms with Crippen molar-refractivity contribution in [2.24, 2.45) is 0 Å². The maximum atomic E-state index is 12.1. The minimum atomic E-state index is -0.104. The zero-order valence-corrected chi connectivity index (χ0v) is 12.5. The summed E-state index contributed by atoms with van der Waals surface area (Å²) in [4.78, 5) is 23.0. The zero-order valence-electron chi connectivity index (χ0n) is 12.5. The number of anilines is 1. The lowest BCUT2D eigenvalue weighted by Crippen LogP contribution is -2.13. The number of carbonyl (C=O) groups is 2. The molecule has 0 aliphatic heterocycles. The molecule has 0 saturated heterocycles. The Morgan fingerprint density at radius 2 is 1.95 bits per heavy atom. The van der Waals surface area contributed by atoms with Crippen LogP contribution in [-0.4, -0.2) is 18.8 Å². The van der Waals surface area contributed by atoms with Crippen molar-refractivity contribution in [3.8, 4) is 5.75 Å². The van der Waals surface area contributed by atoms with E-state index in [1.54, 1.807) is 18.2 Å². The number of nitrogens with one attached hydrogen (secondary N) is 1. The summed E-state index contributed by atoms with van der Waals surface area (Å²) in [6, 6.07) is 14.8. The van der Waals surface area contributed by atoms with Crippen LogP contribution in [0.1, 0.15) is 29.3 Å². The topological polar surface area (TPSA) is 55.4 Å². The van der Waals surface area contributed by atoms with E-state index in [-0.39, 0.29) is 5.91 Å². The van der Waals surface area contributed by atoms with Crippen LogP contribution in [0.3, 0.4) is 0 Å². The molecule has 0 aliphatic rings. The summed E-state index contributed by atoms with van der Waals surface area (Å²) in [5.74, 6) is 0.467. The molecule has 0 saturated carbocycles. The van der Waals surface area contributed by atoms with Crippen LogP contribution < -0.4 is 10.1 Å². The van der Waals surface area contributed by atoms with Crippen LogP contribution in [0.2, 0.25) is 0 Å². The second-order valence-electron chi connectivity index (χ2n) is 4.84. The smallest absolute Gasteiger partial charge is 0.224 e. The summed E-state index contributed by atoms with van der Waals surface area (Å²) in [5.41, 5.74) is 2.15. The molecule has 114 valence electrons. The van der Waals surface area contributed by atoms with Gasteiger partial charge in [-0.3, -0.25) is 9.59 Å². The number of ether oxygens (including phenoxy) is 1. The summed E-state index contributed by atoms with van der Waals surface area (Å²) < 4.78 is 5.47. The quantitative estimate of drug-likeness (QED) is 0.796. The van der Waals surface area contributed by atoms with Crippen molar-refractivity contribution in [2.45, 2.75) is 19.8 Å². The molecule has 2 aromatic carbocycles. The second-order valence-corrected chi connectivity index (χ2v) is 4.84. The highest BCUT2D eigenvalue weighted by Crippen LogP contribution is 2.25. The highest BCUT2D eigenvalue weighted by Gasteiger charge is 2.09. The number of hydrogen-bond acceptors (Lipinski definition) is 3. The number of carbonyl (C=O) groups excluding carboxylic acids is 2. The fourth-order valence-corrected chi connectivity index (χ4v) is 2.12. The largest absolute Gasteiger partial charge is 0.492 e. The van der Waals surface area contributed by atoms with Crippen LogP contribution in [0, 0.1) is 0 Å². The molecule has 0 fully saturated rings. The number of amides is 1. The first-order valence-corrected chi connectivity index (χ1v) is 7.28. The maximum Gasteiger partial charge on any atom is 0.224 e. The fourth-order valence-electron chi connectivity index (χ4n) is 2.12.